The summed E-state index contributed by atoms with van der Waals surface area (Å²) in [7, 11) is 0. The van der Waals surface area contributed by atoms with Crippen molar-refractivity contribution < 1.29 is 14.3 Å². The van der Waals surface area contributed by atoms with E-state index in [-0.39, 0.29) is 6.61 Å². The van der Waals surface area contributed by atoms with Crippen LogP contribution in [0.1, 0.15) is 48.0 Å². The van der Waals surface area contributed by atoms with E-state index >= 15 is 0 Å². The van der Waals surface area contributed by atoms with E-state index in [0.29, 0.717) is 11.5 Å². The number of Topliss-reactive ketones (excluding diaryl/α,β-unsaturated/α-hetero) is 1. The van der Waals surface area contributed by atoms with Crippen LogP contribution in [-0.2, 0) is 9.53 Å². The number of carbonyl (C=O) groups is 2. The maximum Gasteiger partial charge on any atom is 0.379 e. The second-order valence-corrected chi connectivity index (χ2v) is 4.30. The number of ether oxygens (including phenoxy) is 1. The van der Waals surface area contributed by atoms with Crippen LogP contribution in [0.15, 0.2) is 24.3 Å². The molecule has 1 saturated carbocycles. The van der Waals surface area contributed by atoms with Gasteiger partial charge in [-0.15, -0.1) is 0 Å². The van der Waals surface area contributed by atoms with E-state index in [1.807, 2.05) is 18.2 Å². The first-order chi connectivity index (χ1) is 8.22. The van der Waals surface area contributed by atoms with E-state index in [4.69, 9.17) is 4.74 Å². The molecule has 0 N–H and O–H groups in total. The summed E-state index contributed by atoms with van der Waals surface area (Å²) in [4.78, 5) is 23.1. The summed E-state index contributed by atoms with van der Waals surface area (Å²) in [5.74, 6) is -0.753. The Kier molecular flexibility index (Phi) is 3.57. The summed E-state index contributed by atoms with van der Waals surface area (Å²) < 4.78 is 4.71. The standard InChI is InChI=1S/C14H16O3/c1-2-17-14(16)13(15)12-8-4-7-11(9-12)10-5-3-6-10/h4,7-10H,2-3,5-6H2,1H3. The molecular weight excluding hydrogens is 216 g/mol. The van der Waals surface area contributed by atoms with Crippen molar-refractivity contribution in [2.45, 2.75) is 32.1 Å². The lowest BCUT2D eigenvalue weighted by molar-refractivity contribution is -0.137. The lowest BCUT2D eigenvalue weighted by Gasteiger charge is -2.25. The van der Waals surface area contributed by atoms with E-state index in [9.17, 15) is 9.59 Å². The molecule has 0 aliphatic heterocycles. The Bertz CT molecular complexity index is 433. The Morgan fingerprint density at radius 3 is 2.71 bits per heavy atom. The third-order valence-corrected chi connectivity index (χ3v) is 3.19. The third-order valence-electron chi connectivity index (χ3n) is 3.19. The third kappa shape index (κ3) is 2.54. The van der Waals surface area contributed by atoms with Crippen LogP contribution in [-0.4, -0.2) is 18.4 Å². The Morgan fingerprint density at radius 1 is 1.35 bits per heavy atom. The Hall–Kier alpha value is -1.64. The maximum absolute atomic E-state index is 11.7. The molecule has 0 radical (unpaired) electrons. The van der Waals surface area contributed by atoms with Crippen molar-refractivity contribution in [2.24, 2.45) is 0 Å². The lowest BCUT2D eigenvalue weighted by atomic mass is 9.79. The van der Waals surface area contributed by atoms with Crippen molar-refractivity contribution in [1.82, 2.24) is 0 Å². The zero-order chi connectivity index (χ0) is 12.3. The van der Waals surface area contributed by atoms with Crippen LogP contribution in [0.3, 0.4) is 0 Å². The van der Waals surface area contributed by atoms with Crippen LogP contribution < -0.4 is 0 Å². The molecule has 1 aliphatic carbocycles. The number of hydrogen-bond acceptors (Lipinski definition) is 3. The molecule has 1 aromatic carbocycles. The van der Waals surface area contributed by atoms with Gasteiger partial charge in [0, 0.05) is 5.56 Å². The van der Waals surface area contributed by atoms with Crippen molar-refractivity contribution in [1.29, 1.82) is 0 Å². The SMILES string of the molecule is CCOC(=O)C(=O)c1cccc(C2CCC2)c1. The molecule has 17 heavy (non-hydrogen) atoms. The van der Waals surface area contributed by atoms with Crippen molar-refractivity contribution in [2.75, 3.05) is 6.61 Å². The number of benzene rings is 1. The topological polar surface area (TPSA) is 43.4 Å². The summed E-state index contributed by atoms with van der Waals surface area (Å²) in [5, 5.41) is 0. The van der Waals surface area contributed by atoms with Gasteiger partial charge in [0.05, 0.1) is 6.61 Å². The first-order valence-corrected chi connectivity index (χ1v) is 6.03. The minimum absolute atomic E-state index is 0.229. The Labute approximate surface area is 101 Å². The van der Waals surface area contributed by atoms with Crippen molar-refractivity contribution in [3.63, 3.8) is 0 Å². The molecule has 1 fully saturated rings. The normalized spacial score (nSPS) is 15.1. The summed E-state index contributed by atoms with van der Waals surface area (Å²) >= 11 is 0. The summed E-state index contributed by atoms with van der Waals surface area (Å²) in [6.45, 7) is 1.92. The van der Waals surface area contributed by atoms with Crippen LogP contribution in [0.25, 0.3) is 0 Å². The van der Waals surface area contributed by atoms with Crippen LogP contribution >= 0.6 is 0 Å². The minimum Gasteiger partial charge on any atom is -0.460 e. The summed E-state index contributed by atoms with van der Waals surface area (Å²) in [5.41, 5.74) is 1.60. The number of ketones is 1. The number of rotatable bonds is 4. The van der Waals surface area contributed by atoms with Gasteiger partial charge in [-0.2, -0.15) is 0 Å². The van der Waals surface area contributed by atoms with Gasteiger partial charge in [0.2, 0.25) is 0 Å². The molecule has 3 nitrogen and oxygen atoms in total. The molecule has 1 aliphatic rings. The maximum atomic E-state index is 11.7. The second kappa shape index (κ2) is 5.13. The Balaban J connectivity index is 2.14. The molecule has 0 unspecified atom stereocenters. The molecule has 1 aromatic rings. The van der Waals surface area contributed by atoms with Gasteiger partial charge >= 0.3 is 5.97 Å². The van der Waals surface area contributed by atoms with Crippen molar-refractivity contribution in [3.05, 3.63) is 35.4 Å². The monoisotopic (exact) mass is 232 g/mol. The number of carbonyl (C=O) groups excluding carboxylic acids is 2. The van der Waals surface area contributed by atoms with Gasteiger partial charge in [-0.05, 0) is 37.3 Å². The average molecular weight is 232 g/mol. The van der Waals surface area contributed by atoms with Crippen LogP contribution in [0, 0.1) is 0 Å². The fraction of sp³-hybridized carbons (Fsp3) is 0.429. The van der Waals surface area contributed by atoms with Gasteiger partial charge in [0.25, 0.3) is 5.78 Å². The van der Waals surface area contributed by atoms with Gasteiger partial charge in [-0.25, -0.2) is 4.79 Å². The van der Waals surface area contributed by atoms with E-state index < -0.39 is 11.8 Å². The smallest absolute Gasteiger partial charge is 0.379 e. The lowest BCUT2D eigenvalue weighted by Crippen LogP contribution is -2.18. The second-order valence-electron chi connectivity index (χ2n) is 4.30. The molecule has 0 amide bonds. The van der Waals surface area contributed by atoms with E-state index in [2.05, 4.69) is 0 Å². The molecule has 3 heteroatoms. The van der Waals surface area contributed by atoms with Gasteiger partial charge in [0.15, 0.2) is 0 Å². The highest BCUT2D eigenvalue weighted by Gasteiger charge is 2.22. The first kappa shape index (κ1) is 11.8. The number of esters is 1. The zero-order valence-electron chi connectivity index (χ0n) is 9.94. The molecule has 0 heterocycles. The van der Waals surface area contributed by atoms with E-state index in [1.54, 1.807) is 13.0 Å². The average Bonchev–Trinajstić information content (AvgIpc) is 2.26. The van der Waals surface area contributed by atoms with Gasteiger partial charge in [-0.1, -0.05) is 24.6 Å². The molecule has 0 saturated heterocycles. The van der Waals surface area contributed by atoms with Gasteiger partial charge in [0.1, 0.15) is 0 Å². The highest BCUT2D eigenvalue weighted by atomic mass is 16.5. The molecular formula is C14H16O3. The van der Waals surface area contributed by atoms with E-state index in [0.717, 1.165) is 5.56 Å². The largest absolute Gasteiger partial charge is 0.460 e. The quantitative estimate of drug-likeness (QED) is 0.455. The molecule has 90 valence electrons. The molecule has 0 spiro atoms. The highest BCUT2D eigenvalue weighted by Crippen LogP contribution is 2.36. The Morgan fingerprint density at radius 2 is 2.12 bits per heavy atom. The predicted molar refractivity (Wildman–Crippen MR) is 64.0 cm³/mol. The van der Waals surface area contributed by atoms with Gasteiger partial charge in [-0.3, -0.25) is 4.79 Å². The number of hydrogen-bond donors (Lipinski definition) is 0. The molecule has 0 aromatic heterocycles. The fourth-order valence-electron chi connectivity index (χ4n) is 1.99. The van der Waals surface area contributed by atoms with Crippen molar-refractivity contribution >= 4 is 11.8 Å². The fourth-order valence-corrected chi connectivity index (χ4v) is 1.99. The van der Waals surface area contributed by atoms with Gasteiger partial charge < -0.3 is 4.74 Å². The zero-order valence-corrected chi connectivity index (χ0v) is 9.94. The molecule has 2 rings (SSSR count). The summed E-state index contributed by atoms with van der Waals surface area (Å²) in [6.07, 6.45) is 3.61. The first-order valence-electron chi connectivity index (χ1n) is 6.03. The minimum atomic E-state index is -0.766. The van der Waals surface area contributed by atoms with Crippen molar-refractivity contribution in [3.8, 4) is 0 Å². The van der Waals surface area contributed by atoms with Crippen LogP contribution in [0.2, 0.25) is 0 Å². The molecule has 0 atom stereocenters. The summed E-state index contributed by atoms with van der Waals surface area (Å²) in [6, 6.07) is 7.34. The predicted octanol–water partition coefficient (Wildman–Crippen LogP) is 2.70. The van der Waals surface area contributed by atoms with Crippen LogP contribution in [0.4, 0.5) is 0 Å². The van der Waals surface area contributed by atoms with E-state index in [1.165, 1.54) is 19.3 Å². The molecule has 0 bridgehead atoms. The highest BCUT2D eigenvalue weighted by molar-refractivity contribution is 6.40. The van der Waals surface area contributed by atoms with Crippen LogP contribution in [0.5, 0.6) is 0 Å².